The molecule has 16 heavy (non-hydrogen) atoms. The van der Waals surface area contributed by atoms with Crippen molar-refractivity contribution in [3.8, 4) is 0 Å². The molecule has 94 valence electrons. The summed E-state index contributed by atoms with van der Waals surface area (Å²) in [4.78, 5) is 21.8. The molecule has 0 aliphatic carbocycles. The molecule has 0 aliphatic heterocycles. The van der Waals surface area contributed by atoms with Gasteiger partial charge in [-0.1, -0.05) is 20.3 Å². The molecule has 0 radical (unpaired) electrons. The van der Waals surface area contributed by atoms with Crippen molar-refractivity contribution < 1.29 is 14.7 Å². The minimum Gasteiger partial charge on any atom is -0.481 e. The van der Waals surface area contributed by atoms with Gasteiger partial charge in [0.2, 0.25) is 5.91 Å². The van der Waals surface area contributed by atoms with Crippen molar-refractivity contribution in [1.82, 2.24) is 5.32 Å². The molecule has 0 rings (SSSR count). The number of carboxylic acids is 1. The minimum atomic E-state index is -0.780. The van der Waals surface area contributed by atoms with Crippen LogP contribution in [-0.2, 0) is 9.59 Å². The molecular weight excluding hydrogens is 206 g/mol. The van der Waals surface area contributed by atoms with Crippen LogP contribution in [0.3, 0.4) is 0 Å². The van der Waals surface area contributed by atoms with Crippen LogP contribution < -0.4 is 5.32 Å². The highest BCUT2D eigenvalue weighted by molar-refractivity contribution is 5.76. The van der Waals surface area contributed by atoms with Crippen molar-refractivity contribution >= 4 is 11.9 Å². The van der Waals surface area contributed by atoms with E-state index in [4.69, 9.17) is 5.11 Å². The highest BCUT2D eigenvalue weighted by Crippen LogP contribution is 2.07. The fraction of sp³-hybridized carbons (Fsp3) is 0.833. The number of rotatable bonds is 8. The fourth-order valence-corrected chi connectivity index (χ4v) is 1.43. The third-order valence-corrected chi connectivity index (χ3v) is 2.67. The van der Waals surface area contributed by atoms with Gasteiger partial charge in [0.25, 0.3) is 0 Å². The molecule has 0 aromatic heterocycles. The molecule has 4 nitrogen and oxygen atoms in total. The molecule has 0 aromatic carbocycles. The number of hydrogen-bond acceptors (Lipinski definition) is 2. The van der Waals surface area contributed by atoms with Crippen molar-refractivity contribution in [2.24, 2.45) is 5.92 Å². The van der Waals surface area contributed by atoms with E-state index in [0.717, 1.165) is 12.8 Å². The van der Waals surface area contributed by atoms with E-state index in [9.17, 15) is 9.59 Å². The zero-order chi connectivity index (χ0) is 12.6. The summed E-state index contributed by atoms with van der Waals surface area (Å²) in [6.45, 7) is 6.03. The van der Waals surface area contributed by atoms with E-state index in [2.05, 4.69) is 19.2 Å². The van der Waals surface area contributed by atoms with Gasteiger partial charge in [-0.25, -0.2) is 0 Å². The zero-order valence-corrected chi connectivity index (χ0v) is 10.5. The van der Waals surface area contributed by atoms with Crippen LogP contribution in [0.25, 0.3) is 0 Å². The first-order valence-electron chi connectivity index (χ1n) is 5.96. The van der Waals surface area contributed by atoms with Gasteiger partial charge in [-0.15, -0.1) is 0 Å². The molecule has 0 heterocycles. The first-order chi connectivity index (χ1) is 7.45. The first kappa shape index (κ1) is 14.9. The van der Waals surface area contributed by atoms with Crippen LogP contribution in [0.1, 0.15) is 52.9 Å². The number of carbonyl (C=O) groups excluding carboxylic acids is 1. The Labute approximate surface area is 97.4 Å². The Morgan fingerprint density at radius 3 is 2.44 bits per heavy atom. The summed E-state index contributed by atoms with van der Waals surface area (Å²) >= 11 is 0. The quantitative estimate of drug-likeness (QED) is 0.670. The average molecular weight is 229 g/mol. The molecule has 0 fully saturated rings. The van der Waals surface area contributed by atoms with Crippen LogP contribution in [-0.4, -0.2) is 23.0 Å². The molecule has 1 amide bonds. The molecule has 0 bridgehead atoms. The lowest BCUT2D eigenvalue weighted by atomic mass is 10.0. The minimum absolute atomic E-state index is 0.0657. The van der Waals surface area contributed by atoms with E-state index in [1.807, 2.05) is 6.92 Å². The molecule has 2 atom stereocenters. The lowest BCUT2D eigenvalue weighted by Crippen LogP contribution is -2.33. The number of carbonyl (C=O) groups is 2. The third kappa shape index (κ3) is 8.26. The Morgan fingerprint density at radius 2 is 1.94 bits per heavy atom. The SMILES string of the molecule is CCC(C)CC(=O)NC(C)CCCC(=O)O. The monoisotopic (exact) mass is 229 g/mol. The Hall–Kier alpha value is -1.06. The Morgan fingerprint density at radius 1 is 1.31 bits per heavy atom. The highest BCUT2D eigenvalue weighted by Gasteiger charge is 2.10. The summed E-state index contributed by atoms with van der Waals surface area (Å²) in [5.74, 6) is -0.304. The van der Waals surface area contributed by atoms with Crippen molar-refractivity contribution in [2.45, 2.75) is 58.9 Å². The Balaban J connectivity index is 3.65. The van der Waals surface area contributed by atoms with Gasteiger partial charge in [-0.3, -0.25) is 9.59 Å². The van der Waals surface area contributed by atoms with Gasteiger partial charge in [0.15, 0.2) is 0 Å². The van der Waals surface area contributed by atoms with Gasteiger partial charge in [0.05, 0.1) is 0 Å². The van der Waals surface area contributed by atoms with Crippen LogP contribution >= 0.6 is 0 Å². The summed E-state index contributed by atoms with van der Waals surface area (Å²) < 4.78 is 0. The van der Waals surface area contributed by atoms with E-state index in [1.54, 1.807) is 0 Å². The van der Waals surface area contributed by atoms with Crippen LogP contribution in [0.2, 0.25) is 0 Å². The summed E-state index contributed by atoms with van der Waals surface area (Å²) in [7, 11) is 0. The maximum absolute atomic E-state index is 11.5. The van der Waals surface area contributed by atoms with Crippen molar-refractivity contribution in [3.63, 3.8) is 0 Å². The number of amides is 1. The van der Waals surface area contributed by atoms with Gasteiger partial charge in [-0.2, -0.15) is 0 Å². The molecule has 0 aromatic rings. The van der Waals surface area contributed by atoms with Gasteiger partial charge in [-0.05, 0) is 25.7 Å². The van der Waals surface area contributed by atoms with Gasteiger partial charge in [0.1, 0.15) is 0 Å². The normalized spacial score (nSPS) is 14.2. The lowest BCUT2D eigenvalue weighted by molar-refractivity contribution is -0.137. The van der Waals surface area contributed by atoms with E-state index in [0.29, 0.717) is 18.8 Å². The van der Waals surface area contributed by atoms with Gasteiger partial charge < -0.3 is 10.4 Å². The van der Waals surface area contributed by atoms with E-state index in [-0.39, 0.29) is 18.4 Å². The zero-order valence-electron chi connectivity index (χ0n) is 10.5. The van der Waals surface area contributed by atoms with Gasteiger partial charge >= 0.3 is 5.97 Å². The van der Waals surface area contributed by atoms with E-state index in [1.165, 1.54) is 0 Å². The molecule has 0 aliphatic rings. The predicted molar refractivity (Wildman–Crippen MR) is 63.2 cm³/mol. The number of aliphatic carboxylic acids is 1. The fourth-order valence-electron chi connectivity index (χ4n) is 1.43. The maximum atomic E-state index is 11.5. The molecule has 2 unspecified atom stereocenters. The summed E-state index contributed by atoms with van der Waals surface area (Å²) in [5, 5.41) is 11.4. The van der Waals surface area contributed by atoms with Crippen LogP contribution in [0, 0.1) is 5.92 Å². The number of hydrogen-bond donors (Lipinski definition) is 2. The molecule has 0 spiro atoms. The summed E-state index contributed by atoms with van der Waals surface area (Å²) in [6.07, 6.45) is 3.06. The molecule has 2 N–H and O–H groups in total. The van der Waals surface area contributed by atoms with Crippen LogP contribution in [0.15, 0.2) is 0 Å². The van der Waals surface area contributed by atoms with E-state index >= 15 is 0 Å². The lowest BCUT2D eigenvalue weighted by Gasteiger charge is -2.15. The van der Waals surface area contributed by atoms with Crippen molar-refractivity contribution in [1.29, 1.82) is 0 Å². The standard InChI is InChI=1S/C12H23NO3/c1-4-9(2)8-11(14)13-10(3)6-5-7-12(15)16/h9-10H,4-8H2,1-3H3,(H,13,14)(H,15,16). The second kappa shape index (κ2) is 8.13. The Bertz CT molecular complexity index is 228. The molecular formula is C12H23NO3. The molecule has 4 heteroatoms. The second-order valence-electron chi connectivity index (χ2n) is 4.47. The predicted octanol–water partition coefficient (Wildman–Crippen LogP) is 2.18. The van der Waals surface area contributed by atoms with Crippen LogP contribution in [0.4, 0.5) is 0 Å². The van der Waals surface area contributed by atoms with E-state index < -0.39 is 5.97 Å². The number of carboxylic acid groups (broad SMARTS) is 1. The summed E-state index contributed by atoms with van der Waals surface area (Å²) in [6, 6.07) is 0.0657. The third-order valence-electron chi connectivity index (χ3n) is 2.67. The smallest absolute Gasteiger partial charge is 0.303 e. The molecule has 0 saturated carbocycles. The van der Waals surface area contributed by atoms with Crippen molar-refractivity contribution in [2.75, 3.05) is 0 Å². The van der Waals surface area contributed by atoms with Crippen LogP contribution in [0.5, 0.6) is 0 Å². The largest absolute Gasteiger partial charge is 0.481 e. The highest BCUT2D eigenvalue weighted by atomic mass is 16.4. The summed E-state index contributed by atoms with van der Waals surface area (Å²) in [5.41, 5.74) is 0. The topological polar surface area (TPSA) is 66.4 Å². The molecule has 0 saturated heterocycles. The number of nitrogens with one attached hydrogen (secondary N) is 1. The Kier molecular flexibility index (Phi) is 7.60. The van der Waals surface area contributed by atoms with Crippen molar-refractivity contribution in [3.05, 3.63) is 0 Å². The second-order valence-corrected chi connectivity index (χ2v) is 4.47. The van der Waals surface area contributed by atoms with Gasteiger partial charge in [0, 0.05) is 18.9 Å². The first-order valence-corrected chi connectivity index (χ1v) is 5.96. The maximum Gasteiger partial charge on any atom is 0.303 e. The average Bonchev–Trinajstić information content (AvgIpc) is 2.16.